The summed E-state index contributed by atoms with van der Waals surface area (Å²) in [7, 11) is 3.86. The summed E-state index contributed by atoms with van der Waals surface area (Å²) >= 11 is 0. The number of carbonyl (C=O) groups is 2. The smallest absolute Gasteiger partial charge is 0.251 e. The maximum absolute atomic E-state index is 14.1. The summed E-state index contributed by atoms with van der Waals surface area (Å²) < 4.78 is 14.1. The zero-order chi connectivity index (χ0) is 22.4. The molecule has 1 aliphatic rings. The molecule has 1 fully saturated rings. The van der Waals surface area contributed by atoms with Crippen LogP contribution in [0.3, 0.4) is 0 Å². The van der Waals surface area contributed by atoms with Gasteiger partial charge in [-0.3, -0.25) is 14.6 Å². The number of nitrogens with two attached hydrogens (primary N) is 1. The molecule has 6 nitrogen and oxygen atoms in total. The number of nitrogens with one attached hydrogen (secondary N) is 1. The number of nitrogens with zero attached hydrogens (tertiary/aromatic N) is 2. The van der Waals surface area contributed by atoms with Crippen LogP contribution in [0.2, 0.25) is 0 Å². The van der Waals surface area contributed by atoms with Gasteiger partial charge in [-0.2, -0.15) is 0 Å². The Balaban J connectivity index is 1.58. The molecule has 3 N–H and O–H groups in total. The predicted octanol–water partition coefficient (Wildman–Crippen LogP) is 2.88. The highest BCUT2D eigenvalue weighted by Crippen LogP contribution is 2.39. The molecule has 7 heteroatoms. The Morgan fingerprint density at radius 3 is 2.52 bits per heavy atom. The normalized spacial score (nSPS) is 15.5. The van der Waals surface area contributed by atoms with Crippen molar-refractivity contribution in [3.63, 3.8) is 0 Å². The SMILES string of the molecule is CN(C)[C@H](CNC(=O)C[C@H](CC1CC1)c1ccncc1)Cc1ccc(C(N)=O)c(F)c1. The van der Waals surface area contributed by atoms with E-state index in [9.17, 15) is 14.0 Å². The minimum Gasteiger partial charge on any atom is -0.366 e. The van der Waals surface area contributed by atoms with Gasteiger partial charge in [0.05, 0.1) is 5.56 Å². The Kier molecular flexibility index (Phi) is 7.74. The summed E-state index contributed by atoms with van der Waals surface area (Å²) in [5.41, 5.74) is 6.97. The zero-order valence-electron chi connectivity index (χ0n) is 18.2. The number of benzene rings is 1. The molecule has 0 spiro atoms. The fourth-order valence-corrected chi connectivity index (χ4v) is 3.85. The summed E-state index contributed by atoms with van der Waals surface area (Å²) in [6.45, 7) is 0.456. The molecule has 0 unspecified atom stereocenters. The predicted molar refractivity (Wildman–Crippen MR) is 118 cm³/mol. The Labute approximate surface area is 183 Å². The van der Waals surface area contributed by atoms with Crippen LogP contribution >= 0.6 is 0 Å². The molecule has 0 bridgehead atoms. The van der Waals surface area contributed by atoms with E-state index in [2.05, 4.69) is 10.3 Å². The number of halogens is 1. The third-order valence-electron chi connectivity index (χ3n) is 5.96. The van der Waals surface area contributed by atoms with E-state index in [0.717, 1.165) is 23.5 Å². The first-order valence-electron chi connectivity index (χ1n) is 10.7. The second-order valence-corrected chi connectivity index (χ2v) is 8.66. The summed E-state index contributed by atoms with van der Waals surface area (Å²) in [4.78, 5) is 30.0. The second-order valence-electron chi connectivity index (χ2n) is 8.66. The van der Waals surface area contributed by atoms with Crippen LogP contribution in [0, 0.1) is 11.7 Å². The van der Waals surface area contributed by atoms with Crippen molar-refractivity contribution >= 4 is 11.8 Å². The molecule has 0 aliphatic heterocycles. The van der Waals surface area contributed by atoms with E-state index in [1.54, 1.807) is 18.5 Å². The molecule has 1 aromatic carbocycles. The Hall–Kier alpha value is -2.80. The van der Waals surface area contributed by atoms with E-state index >= 15 is 0 Å². The van der Waals surface area contributed by atoms with Gasteiger partial charge in [-0.05, 0) is 74.2 Å². The van der Waals surface area contributed by atoms with E-state index in [0.29, 0.717) is 19.4 Å². The number of pyridine rings is 1. The van der Waals surface area contributed by atoms with Gasteiger partial charge in [0.15, 0.2) is 0 Å². The van der Waals surface area contributed by atoms with Gasteiger partial charge in [0, 0.05) is 31.4 Å². The number of aromatic nitrogens is 1. The maximum atomic E-state index is 14.1. The third-order valence-corrected chi connectivity index (χ3v) is 5.96. The Morgan fingerprint density at radius 1 is 1.23 bits per heavy atom. The van der Waals surface area contributed by atoms with E-state index in [-0.39, 0.29) is 23.4 Å². The van der Waals surface area contributed by atoms with E-state index in [4.69, 9.17) is 5.73 Å². The molecule has 2 aromatic rings. The lowest BCUT2D eigenvalue weighted by Gasteiger charge is -2.25. The van der Waals surface area contributed by atoms with Crippen molar-refractivity contribution in [1.82, 2.24) is 15.2 Å². The largest absolute Gasteiger partial charge is 0.366 e. The van der Waals surface area contributed by atoms with Crippen LogP contribution in [-0.2, 0) is 11.2 Å². The average Bonchev–Trinajstić information content (AvgIpc) is 3.55. The lowest BCUT2D eigenvalue weighted by atomic mass is 9.91. The third kappa shape index (κ3) is 6.85. The van der Waals surface area contributed by atoms with Crippen molar-refractivity contribution in [2.24, 2.45) is 11.7 Å². The Morgan fingerprint density at radius 2 is 1.94 bits per heavy atom. The van der Waals surface area contributed by atoms with Crippen LogP contribution in [0.5, 0.6) is 0 Å². The lowest BCUT2D eigenvalue weighted by molar-refractivity contribution is -0.121. The first kappa shape index (κ1) is 22.9. The van der Waals surface area contributed by atoms with Gasteiger partial charge in [0.25, 0.3) is 5.91 Å². The number of amides is 2. The van der Waals surface area contributed by atoms with Crippen LogP contribution < -0.4 is 11.1 Å². The van der Waals surface area contributed by atoms with Crippen LogP contribution in [0.1, 0.15) is 53.1 Å². The molecule has 31 heavy (non-hydrogen) atoms. The number of primary amides is 1. The van der Waals surface area contributed by atoms with Gasteiger partial charge in [-0.15, -0.1) is 0 Å². The molecular formula is C24H31FN4O2. The van der Waals surface area contributed by atoms with Crippen molar-refractivity contribution in [2.45, 2.75) is 44.1 Å². The van der Waals surface area contributed by atoms with Crippen molar-refractivity contribution in [1.29, 1.82) is 0 Å². The minimum absolute atomic E-state index is 0.00872. The molecule has 3 rings (SSSR count). The lowest BCUT2D eigenvalue weighted by Crippen LogP contribution is -2.42. The maximum Gasteiger partial charge on any atom is 0.251 e. The molecule has 2 amide bonds. The number of hydrogen-bond acceptors (Lipinski definition) is 4. The monoisotopic (exact) mass is 426 g/mol. The van der Waals surface area contributed by atoms with E-state index < -0.39 is 11.7 Å². The quantitative estimate of drug-likeness (QED) is 0.578. The highest BCUT2D eigenvalue weighted by molar-refractivity contribution is 5.93. The highest BCUT2D eigenvalue weighted by atomic mass is 19.1. The van der Waals surface area contributed by atoms with Crippen molar-refractivity contribution in [3.05, 3.63) is 65.2 Å². The van der Waals surface area contributed by atoms with E-state index in [1.807, 2.05) is 31.1 Å². The summed E-state index contributed by atoms with van der Waals surface area (Å²) in [5.74, 6) is -0.464. The van der Waals surface area contributed by atoms with Crippen LogP contribution in [0.15, 0.2) is 42.7 Å². The van der Waals surface area contributed by atoms with Gasteiger partial charge >= 0.3 is 0 Å². The van der Waals surface area contributed by atoms with Crippen molar-refractivity contribution in [2.75, 3.05) is 20.6 Å². The first-order valence-corrected chi connectivity index (χ1v) is 10.7. The van der Waals surface area contributed by atoms with Gasteiger partial charge < -0.3 is 16.0 Å². The fourth-order valence-electron chi connectivity index (χ4n) is 3.85. The van der Waals surface area contributed by atoms with Crippen LogP contribution in [-0.4, -0.2) is 48.4 Å². The zero-order valence-corrected chi connectivity index (χ0v) is 18.2. The number of carbonyl (C=O) groups excluding carboxylic acids is 2. The number of hydrogen-bond donors (Lipinski definition) is 2. The van der Waals surface area contributed by atoms with E-state index in [1.165, 1.54) is 25.0 Å². The molecule has 1 aliphatic carbocycles. The molecule has 1 heterocycles. The first-order chi connectivity index (χ1) is 14.8. The summed E-state index contributed by atoms with van der Waals surface area (Å²) in [6, 6.07) is 8.44. The average molecular weight is 427 g/mol. The van der Waals surface area contributed by atoms with Crippen molar-refractivity contribution < 1.29 is 14.0 Å². The highest BCUT2D eigenvalue weighted by Gasteiger charge is 2.28. The minimum atomic E-state index is -0.782. The summed E-state index contributed by atoms with van der Waals surface area (Å²) in [6.07, 6.45) is 8.06. The molecular weight excluding hydrogens is 395 g/mol. The van der Waals surface area contributed by atoms with Gasteiger partial charge in [0.2, 0.25) is 5.91 Å². The Bertz CT molecular complexity index is 900. The molecule has 0 radical (unpaired) electrons. The molecule has 1 saturated carbocycles. The fraction of sp³-hybridized carbons (Fsp3) is 0.458. The number of likely N-dealkylation sites (N-methyl/N-ethyl adjacent to an activating group) is 1. The standard InChI is InChI=1S/C24H31FN4O2/c1-29(2)20(12-17-5-6-21(24(26)31)22(25)13-17)15-28-23(30)14-19(11-16-3-4-16)18-7-9-27-10-8-18/h5-10,13,16,19-20H,3-4,11-12,14-15H2,1-2H3,(H2,26,31)(H,28,30)/t19-,20-/m0/s1. The molecule has 166 valence electrons. The summed E-state index contributed by atoms with van der Waals surface area (Å²) in [5, 5.41) is 3.06. The van der Waals surface area contributed by atoms with Gasteiger partial charge in [-0.1, -0.05) is 18.9 Å². The molecule has 2 atom stereocenters. The van der Waals surface area contributed by atoms with Crippen LogP contribution in [0.4, 0.5) is 4.39 Å². The molecule has 0 saturated heterocycles. The second kappa shape index (κ2) is 10.5. The van der Waals surface area contributed by atoms with Crippen molar-refractivity contribution in [3.8, 4) is 0 Å². The topological polar surface area (TPSA) is 88.3 Å². The van der Waals surface area contributed by atoms with Crippen LogP contribution in [0.25, 0.3) is 0 Å². The molecule has 1 aromatic heterocycles. The van der Waals surface area contributed by atoms with Gasteiger partial charge in [0.1, 0.15) is 5.82 Å². The number of rotatable bonds is 11. The van der Waals surface area contributed by atoms with Gasteiger partial charge in [-0.25, -0.2) is 4.39 Å².